The fraction of sp³-hybridized carbons (Fsp3) is 0.467. The van der Waals surface area contributed by atoms with Crippen LogP contribution in [0.15, 0.2) is 24.3 Å². The van der Waals surface area contributed by atoms with Gasteiger partial charge in [-0.05, 0) is 31.4 Å². The van der Waals surface area contributed by atoms with E-state index in [0.717, 1.165) is 12.0 Å². The van der Waals surface area contributed by atoms with Gasteiger partial charge in [0.15, 0.2) is 0 Å². The molecule has 1 aliphatic heterocycles. The number of fused-ring (bicyclic) bond motifs is 1. The molecule has 5 heteroatoms. The van der Waals surface area contributed by atoms with Gasteiger partial charge in [-0.1, -0.05) is 24.3 Å². The van der Waals surface area contributed by atoms with Crippen molar-refractivity contribution >= 4 is 12.0 Å². The number of carboxylic acids is 1. The van der Waals surface area contributed by atoms with E-state index in [1.54, 1.807) is 18.7 Å². The Morgan fingerprint density at radius 2 is 1.95 bits per heavy atom. The molecule has 1 aliphatic rings. The zero-order valence-electron chi connectivity index (χ0n) is 11.8. The molecule has 1 aromatic rings. The molecule has 2 rings (SSSR count). The second-order valence-corrected chi connectivity index (χ2v) is 5.79. The molecule has 1 heterocycles. The van der Waals surface area contributed by atoms with E-state index in [2.05, 4.69) is 11.4 Å². The summed E-state index contributed by atoms with van der Waals surface area (Å²) in [5.41, 5.74) is 1.48. The Hall–Kier alpha value is -2.04. The first-order valence-corrected chi connectivity index (χ1v) is 6.73. The van der Waals surface area contributed by atoms with Crippen LogP contribution in [0.4, 0.5) is 4.79 Å². The van der Waals surface area contributed by atoms with E-state index in [1.807, 2.05) is 18.2 Å². The molecule has 2 amide bonds. The lowest BCUT2D eigenvalue weighted by Gasteiger charge is -2.30. The molecule has 0 radical (unpaired) electrons. The Morgan fingerprint density at radius 1 is 1.30 bits per heavy atom. The highest BCUT2D eigenvalue weighted by Crippen LogP contribution is 2.19. The van der Waals surface area contributed by atoms with Crippen molar-refractivity contribution in [2.75, 3.05) is 13.1 Å². The number of hydrogen-bond acceptors (Lipinski definition) is 2. The summed E-state index contributed by atoms with van der Waals surface area (Å²) in [6.45, 7) is 4.56. The van der Waals surface area contributed by atoms with Crippen molar-refractivity contribution in [3.05, 3.63) is 35.4 Å². The number of hydrogen-bond donors (Lipinski definition) is 2. The molecule has 0 bridgehead atoms. The zero-order chi connectivity index (χ0) is 14.8. The predicted octanol–water partition coefficient (Wildman–Crippen LogP) is 1.87. The quantitative estimate of drug-likeness (QED) is 0.885. The van der Waals surface area contributed by atoms with Crippen LogP contribution in [0.25, 0.3) is 0 Å². The van der Waals surface area contributed by atoms with Gasteiger partial charge in [-0.2, -0.15) is 0 Å². The minimum Gasteiger partial charge on any atom is -0.481 e. The summed E-state index contributed by atoms with van der Waals surface area (Å²) in [4.78, 5) is 24.8. The largest absolute Gasteiger partial charge is 0.481 e. The standard InChI is InChI=1S/C15H20N2O3/c1-15(2,13(18)19)10-16-14(20)17-8-7-11-5-3-4-6-12(11)9-17/h3-6H,7-10H2,1-2H3,(H,16,20)(H,18,19). The number of nitrogens with zero attached hydrogens (tertiary/aromatic N) is 1. The Bertz CT molecular complexity index is 526. The molecule has 0 aromatic heterocycles. The van der Waals surface area contributed by atoms with Gasteiger partial charge in [0.25, 0.3) is 0 Å². The van der Waals surface area contributed by atoms with Gasteiger partial charge in [0, 0.05) is 19.6 Å². The Labute approximate surface area is 118 Å². The van der Waals surface area contributed by atoms with E-state index in [0.29, 0.717) is 13.1 Å². The highest BCUT2D eigenvalue weighted by Gasteiger charge is 2.29. The van der Waals surface area contributed by atoms with Gasteiger partial charge in [-0.25, -0.2) is 4.79 Å². The van der Waals surface area contributed by atoms with Gasteiger partial charge in [0.2, 0.25) is 0 Å². The lowest BCUT2D eigenvalue weighted by Crippen LogP contribution is -2.47. The average Bonchev–Trinajstić information content (AvgIpc) is 2.44. The predicted molar refractivity (Wildman–Crippen MR) is 75.4 cm³/mol. The number of carbonyl (C=O) groups is 2. The molecule has 108 valence electrons. The van der Waals surface area contributed by atoms with Crippen LogP contribution >= 0.6 is 0 Å². The van der Waals surface area contributed by atoms with Crippen LogP contribution in [-0.2, 0) is 17.8 Å². The molecule has 0 fully saturated rings. The van der Waals surface area contributed by atoms with Crippen LogP contribution < -0.4 is 5.32 Å². The molecule has 0 unspecified atom stereocenters. The molecule has 5 nitrogen and oxygen atoms in total. The van der Waals surface area contributed by atoms with E-state index < -0.39 is 11.4 Å². The number of carbonyl (C=O) groups excluding carboxylic acids is 1. The highest BCUT2D eigenvalue weighted by atomic mass is 16.4. The molecule has 0 spiro atoms. The average molecular weight is 276 g/mol. The molecule has 0 aliphatic carbocycles. The van der Waals surface area contributed by atoms with E-state index >= 15 is 0 Å². The van der Waals surface area contributed by atoms with Crippen molar-refractivity contribution in [3.63, 3.8) is 0 Å². The Morgan fingerprint density at radius 3 is 2.60 bits per heavy atom. The van der Waals surface area contributed by atoms with Crippen LogP contribution in [0.3, 0.4) is 0 Å². The fourth-order valence-corrected chi connectivity index (χ4v) is 2.15. The van der Waals surface area contributed by atoms with Crippen molar-refractivity contribution in [3.8, 4) is 0 Å². The maximum Gasteiger partial charge on any atom is 0.317 e. The van der Waals surface area contributed by atoms with Gasteiger partial charge in [-0.15, -0.1) is 0 Å². The summed E-state index contributed by atoms with van der Waals surface area (Å²) in [6.07, 6.45) is 0.839. The second-order valence-electron chi connectivity index (χ2n) is 5.79. The molecule has 1 aromatic carbocycles. The van der Waals surface area contributed by atoms with Crippen molar-refractivity contribution in [2.45, 2.75) is 26.8 Å². The number of aliphatic carboxylic acids is 1. The maximum atomic E-state index is 12.1. The summed E-state index contributed by atoms with van der Waals surface area (Å²) >= 11 is 0. The van der Waals surface area contributed by atoms with Crippen molar-refractivity contribution < 1.29 is 14.7 Å². The van der Waals surface area contributed by atoms with Crippen LogP contribution in [0, 0.1) is 5.41 Å². The van der Waals surface area contributed by atoms with Crippen LogP contribution in [-0.4, -0.2) is 35.1 Å². The third-order valence-electron chi connectivity index (χ3n) is 3.68. The topological polar surface area (TPSA) is 69.6 Å². The lowest BCUT2D eigenvalue weighted by atomic mass is 9.94. The number of benzene rings is 1. The number of amides is 2. The number of rotatable bonds is 3. The summed E-state index contributed by atoms with van der Waals surface area (Å²) < 4.78 is 0. The van der Waals surface area contributed by atoms with E-state index in [-0.39, 0.29) is 12.6 Å². The third kappa shape index (κ3) is 3.10. The zero-order valence-corrected chi connectivity index (χ0v) is 11.8. The van der Waals surface area contributed by atoms with E-state index in [4.69, 9.17) is 5.11 Å². The van der Waals surface area contributed by atoms with E-state index in [1.165, 1.54) is 5.56 Å². The first-order chi connectivity index (χ1) is 9.40. The van der Waals surface area contributed by atoms with Crippen molar-refractivity contribution in [1.82, 2.24) is 10.2 Å². The van der Waals surface area contributed by atoms with Gasteiger partial charge < -0.3 is 15.3 Å². The summed E-state index contributed by atoms with van der Waals surface area (Å²) in [7, 11) is 0. The molecule has 2 N–H and O–H groups in total. The van der Waals surface area contributed by atoms with Gasteiger partial charge in [0.1, 0.15) is 0 Å². The summed E-state index contributed by atoms with van der Waals surface area (Å²) in [5.74, 6) is -0.915. The fourth-order valence-electron chi connectivity index (χ4n) is 2.15. The number of urea groups is 1. The third-order valence-corrected chi connectivity index (χ3v) is 3.68. The molecular formula is C15H20N2O3. The minimum absolute atomic E-state index is 0.124. The van der Waals surface area contributed by atoms with Crippen molar-refractivity contribution in [1.29, 1.82) is 0 Å². The molecule has 0 saturated heterocycles. The molecule has 0 saturated carbocycles. The van der Waals surface area contributed by atoms with Crippen LogP contribution in [0.2, 0.25) is 0 Å². The first-order valence-electron chi connectivity index (χ1n) is 6.73. The smallest absolute Gasteiger partial charge is 0.317 e. The van der Waals surface area contributed by atoms with Crippen molar-refractivity contribution in [2.24, 2.45) is 5.41 Å². The van der Waals surface area contributed by atoms with E-state index in [9.17, 15) is 9.59 Å². The molecule has 20 heavy (non-hydrogen) atoms. The first kappa shape index (κ1) is 14.4. The normalized spacial score (nSPS) is 14.6. The van der Waals surface area contributed by atoms with Gasteiger partial charge >= 0.3 is 12.0 Å². The van der Waals surface area contributed by atoms with Gasteiger partial charge in [0.05, 0.1) is 5.41 Å². The Balaban J connectivity index is 1.94. The Kier molecular flexibility index (Phi) is 3.97. The van der Waals surface area contributed by atoms with Crippen LogP contribution in [0.1, 0.15) is 25.0 Å². The van der Waals surface area contributed by atoms with Gasteiger partial charge in [-0.3, -0.25) is 4.79 Å². The number of carboxylic acid groups (broad SMARTS) is 1. The number of nitrogens with one attached hydrogen (secondary N) is 1. The minimum atomic E-state index is -0.955. The monoisotopic (exact) mass is 276 g/mol. The lowest BCUT2D eigenvalue weighted by molar-refractivity contribution is -0.146. The summed E-state index contributed by atoms with van der Waals surface area (Å²) in [5, 5.41) is 11.7. The molecular weight excluding hydrogens is 256 g/mol. The summed E-state index contributed by atoms with van der Waals surface area (Å²) in [6, 6.07) is 7.88. The SMILES string of the molecule is CC(C)(CNC(=O)N1CCc2ccccc2C1)C(=O)O. The molecule has 0 atom stereocenters. The second kappa shape index (κ2) is 5.53. The highest BCUT2D eigenvalue weighted by molar-refractivity contribution is 5.77. The maximum absolute atomic E-state index is 12.1. The van der Waals surface area contributed by atoms with Crippen LogP contribution in [0.5, 0.6) is 0 Å².